The number of piperazine rings is 1. The second-order valence-electron chi connectivity index (χ2n) is 6.90. The van der Waals surface area contributed by atoms with Gasteiger partial charge in [-0.15, -0.1) is 0 Å². The molecule has 0 unspecified atom stereocenters. The van der Waals surface area contributed by atoms with Crippen LogP contribution in [0.2, 0.25) is 0 Å². The van der Waals surface area contributed by atoms with Crippen LogP contribution in [0.5, 0.6) is 5.75 Å². The second-order valence-corrected chi connectivity index (χ2v) is 6.90. The Morgan fingerprint density at radius 1 is 1.19 bits per heavy atom. The molecule has 1 aliphatic rings. The molecule has 2 heterocycles. The maximum Gasteiger partial charge on any atom is 0.259 e. The van der Waals surface area contributed by atoms with Crippen molar-refractivity contribution in [3.8, 4) is 5.75 Å². The number of aryl methyl sites for hydroxylation is 1. The summed E-state index contributed by atoms with van der Waals surface area (Å²) in [6.07, 6.45) is 0. The van der Waals surface area contributed by atoms with Crippen LogP contribution in [-0.4, -0.2) is 52.7 Å². The van der Waals surface area contributed by atoms with E-state index in [9.17, 15) is 14.3 Å². The van der Waals surface area contributed by atoms with Gasteiger partial charge < -0.3 is 14.6 Å². The topological polar surface area (TPSA) is 48.7 Å². The van der Waals surface area contributed by atoms with E-state index in [-0.39, 0.29) is 22.7 Å². The molecule has 1 fully saturated rings. The van der Waals surface area contributed by atoms with Crippen LogP contribution in [-0.2, 0) is 6.54 Å². The predicted molar refractivity (Wildman–Crippen MR) is 100 cm³/mol. The molecule has 1 aromatic carbocycles. The zero-order valence-electron chi connectivity index (χ0n) is 15.6. The lowest BCUT2D eigenvalue weighted by Gasteiger charge is -2.38. The van der Waals surface area contributed by atoms with Crippen LogP contribution in [0.4, 0.5) is 4.39 Å². The Hall–Kier alpha value is -2.18. The van der Waals surface area contributed by atoms with Crippen molar-refractivity contribution in [1.82, 2.24) is 14.4 Å². The summed E-state index contributed by atoms with van der Waals surface area (Å²) in [6.45, 7) is 7.26. The maximum atomic E-state index is 14.7. The highest BCUT2D eigenvalue weighted by Crippen LogP contribution is 2.34. The first-order valence-electron chi connectivity index (χ1n) is 9.04. The zero-order valence-corrected chi connectivity index (χ0v) is 15.6. The van der Waals surface area contributed by atoms with Crippen molar-refractivity contribution < 1.29 is 9.50 Å². The number of aromatic hydroxyl groups is 1. The fourth-order valence-corrected chi connectivity index (χ4v) is 3.73. The van der Waals surface area contributed by atoms with Gasteiger partial charge in [0.2, 0.25) is 0 Å². The average molecular weight is 359 g/mol. The molecular formula is C20H26FN3O2. The van der Waals surface area contributed by atoms with Crippen molar-refractivity contribution in [2.75, 3.05) is 33.2 Å². The molecule has 0 radical (unpaired) electrons. The summed E-state index contributed by atoms with van der Waals surface area (Å²) in [5.41, 5.74) is 1.13. The molecule has 140 valence electrons. The Bertz CT molecular complexity index is 841. The van der Waals surface area contributed by atoms with Crippen LogP contribution in [0.25, 0.3) is 0 Å². The maximum absolute atomic E-state index is 14.7. The van der Waals surface area contributed by atoms with Gasteiger partial charge in [-0.3, -0.25) is 9.69 Å². The molecule has 26 heavy (non-hydrogen) atoms. The first kappa shape index (κ1) is 18.6. The van der Waals surface area contributed by atoms with Gasteiger partial charge in [-0.05, 0) is 33.0 Å². The molecule has 0 bridgehead atoms. The van der Waals surface area contributed by atoms with Gasteiger partial charge in [0.1, 0.15) is 11.6 Å². The van der Waals surface area contributed by atoms with Gasteiger partial charge in [-0.25, -0.2) is 4.39 Å². The van der Waals surface area contributed by atoms with Crippen molar-refractivity contribution in [3.05, 3.63) is 63.3 Å². The van der Waals surface area contributed by atoms with Crippen molar-refractivity contribution in [3.63, 3.8) is 0 Å². The molecular weight excluding hydrogens is 333 g/mol. The summed E-state index contributed by atoms with van der Waals surface area (Å²) in [5.74, 6) is -0.428. The summed E-state index contributed by atoms with van der Waals surface area (Å²) < 4.78 is 16.3. The van der Waals surface area contributed by atoms with Crippen LogP contribution >= 0.6 is 0 Å². The number of hydrogen-bond donors (Lipinski definition) is 1. The van der Waals surface area contributed by atoms with E-state index >= 15 is 0 Å². The summed E-state index contributed by atoms with van der Waals surface area (Å²) in [4.78, 5) is 17.4. The summed E-state index contributed by atoms with van der Waals surface area (Å²) in [6, 6.07) is 7.51. The SMILES string of the molecule is CCn1c(C)cc(O)c([C@@H](c2ccccc2F)N2CCN(C)CC2)c1=O. The minimum atomic E-state index is -0.601. The fourth-order valence-electron chi connectivity index (χ4n) is 3.73. The third kappa shape index (κ3) is 3.39. The fraction of sp³-hybridized carbons (Fsp3) is 0.450. The number of benzene rings is 1. The molecule has 1 aliphatic heterocycles. The van der Waals surface area contributed by atoms with Crippen LogP contribution in [0, 0.1) is 12.7 Å². The van der Waals surface area contributed by atoms with Gasteiger partial charge in [0.15, 0.2) is 0 Å². The lowest BCUT2D eigenvalue weighted by atomic mass is 9.95. The monoisotopic (exact) mass is 359 g/mol. The van der Waals surface area contributed by atoms with Gasteiger partial charge >= 0.3 is 0 Å². The van der Waals surface area contributed by atoms with Crippen LogP contribution < -0.4 is 5.56 Å². The summed E-state index contributed by atoms with van der Waals surface area (Å²) in [7, 11) is 2.04. The van der Waals surface area contributed by atoms with E-state index in [0.717, 1.165) is 13.1 Å². The van der Waals surface area contributed by atoms with Crippen LogP contribution in [0.3, 0.4) is 0 Å². The Labute approximate surface area is 153 Å². The number of rotatable bonds is 4. The highest BCUT2D eigenvalue weighted by atomic mass is 19.1. The quantitative estimate of drug-likeness (QED) is 0.911. The number of aromatic nitrogens is 1. The molecule has 3 rings (SSSR count). The normalized spacial score (nSPS) is 17.4. The predicted octanol–water partition coefficient (Wildman–Crippen LogP) is 2.36. The summed E-state index contributed by atoms with van der Waals surface area (Å²) >= 11 is 0. The number of hydrogen-bond acceptors (Lipinski definition) is 4. The van der Waals surface area contributed by atoms with E-state index in [4.69, 9.17) is 0 Å². The van der Waals surface area contributed by atoms with E-state index in [0.29, 0.717) is 30.9 Å². The molecule has 1 N–H and O–H groups in total. The number of nitrogens with zero attached hydrogens (tertiary/aromatic N) is 3. The zero-order chi connectivity index (χ0) is 18.8. The minimum Gasteiger partial charge on any atom is -0.507 e. The molecule has 0 saturated carbocycles. The Morgan fingerprint density at radius 2 is 1.85 bits per heavy atom. The van der Waals surface area contributed by atoms with Gasteiger partial charge in [-0.2, -0.15) is 0 Å². The molecule has 1 aromatic heterocycles. The van der Waals surface area contributed by atoms with E-state index < -0.39 is 6.04 Å². The second kappa shape index (κ2) is 7.60. The molecule has 1 saturated heterocycles. The van der Waals surface area contributed by atoms with Crippen molar-refractivity contribution in [1.29, 1.82) is 0 Å². The summed E-state index contributed by atoms with van der Waals surface area (Å²) in [5, 5.41) is 10.6. The lowest BCUT2D eigenvalue weighted by Crippen LogP contribution is -2.47. The van der Waals surface area contributed by atoms with Gasteiger partial charge in [0.25, 0.3) is 5.56 Å². The highest BCUT2D eigenvalue weighted by Gasteiger charge is 2.32. The molecule has 0 aliphatic carbocycles. The first-order valence-corrected chi connectivity index (χ1v) is 9.04. The number of likely N-dealkylation sites (N-methyl/N-ethyl adjacent to an activating group) is 1. The van der Waals surface area contributed by atoms with Gasteiger partial charge in [0.05, 0.1) is 11.6 Å². The molecule has 6 heteroatoms. The number of halogens is 1. The first-order chi connectivity index (χ1) is 12.4. The highest BCUT2D eigenvalue weighted by molar-refractivity contribution is 5.41. The number of pyridine rings is 1. The van der Waals surface area contributed by atoms with Gasteiger partial charge in [-0.1, -0.05) is 18.2 Å². The Kier molecular flexibility index (Phi) is 5.44. The van der Waals surface area contributed by atoms with Gasteiger partial charge in [0, 0.05) is 44.0 Å². The average Bonchev–Trinajstić information content (AvgIpc) is 2.61. The third-order valence-corrected chi connectivity index (χ3v) is 5.22. The Balaban J connectivity index is 2.19. The molecule has 5 nitrogen and oxygen atoms in total. The smallest absolute Gasteiger partial charge is 0.259 e. The van der Waals surface area contributed by atoms with Crippen LogP contribution in [0.1, 0.15) is 29.8 Å². The van der Waals surface area contributed by atoms with Crippen molar-refractivity contribution in [2.24, 2.45) is 0 Å². The molecule has 0 spiro atoms. The standard InChI is InChI=1S/C20H26FN3O2/c1-4-24-14(2)13-17(25)18(20(24)26)19(15-7-5-6-8-16(15)21)23-11-9-22(3)10-12-23/h5-8,13,19,25H,4,9-12H2,1-3H3/t19-/m1/s1. The Morgan fingerprint density at radius 3 is 2.46 bits per heavy atom. The lowest BCUT2D eigenvalue weighted by molar-refractivity contribution is 0.123. The molecule has 1 atom stereocenters. The van der Waals surface area contributed by atoms with E-state index in [2.05, 4.69) is 9.80 Å². The van der Waals surface area contributed by atoms with E-state index in [1.807, 2.05) is 14.0 Å². The van der Waals surface area contributed by atoms with Crippen LogP contribution in [0.15, 0.2) is 35.1 Å². The van der Waals surface area contributed by atoms with Crippen molar-refractivity contribution in [2.45, 2.75) is 26.4 Å². The third-order valence-electron chi connectivity index (χ3n) is 5.22. The van der Waals surface area contributed by atoms with Crippen molar-refractivity contribution >= 4 is 0 Å². The molecule has 0 amide bonds. The van der Waals surface area contributed by atoms with E-state index in [1.54, 1.807) is 35.8 Å². The molecule has 2 aromatic rings. The largest absolute Gasteiger partial charge is 0.507 e. The van der Waals surface area contributed by atoms with E-state index in [1.165, 1.54) is 6.07 Å². The minimum absolute atomic E-state index is 0.0654.